The first-order chi connectivity index (χ1) is 9.20. The minimum atomic E-state index is -0.455. The van der Waals surface area contributed by atoms with Crippen molar-refractivity contribution >= 4 is 18.3 Å². The van der Waals surface area contributed by atoms with E-state index in [1.54, 1.807) is 12.1 Å². The van der Waals surface area contributed by atoms with E-state index in [9.17, 15) is 9.18 Å². The van der Waals surface area contributed by atoms with Crippen molar-refractivity contribution in [2.45, 2.75) is 31.2 Å². The van der Waals surface area contributed by atoms with Crippen molar-refractivity contribution in [2.24, 2.45) is 5.92 Å². The van der Waals surface area contributed by atoms with Gasteiger partial charge in [0.25, 0.3) is 0 Å². The van der Waals surface area contributed by atoms with E-state index in [2.05, 4.69) is 10.6 Å². The van der Waals surface area contributed by atoms with Crippen molar-refractivity contribution in [1.82, 2.24) is 10.6 Å². The van der Waals surface area contributed by atoms with Crippen molar-refractivity contribution in [1.29, 1.82) is 0 Å². The molecule has 0 saturated heterocycles. The zero-order valence-corrected chi connectivity index (χ0v) is 12.1. The number of carbonyl (C=O) groups excluding carboxylic acids is 1. The molecule has 0 radical (unpaired) electrons. The Hall–Kier alpha value is -1.13. The Kier molecular flexibility index (Phi) is 4.66. The summed E-state index contributed by atoms with van der Waals surface area (Å²) in [4.78, 5) is 11.9. The lowest BCUT2D eigenvalue weighted by Crippen LogP contribution is -2.41. The standard InChI is InChI=1S/C15H19FN2O.ClH/c16-13-4-2-1-3-12(13)15(7-8-15)18-14(19)10-17-9-11-5-6-11;/h1-4,11,17H,5-10H2,(H,18,19);1H. The van der Waals surface area contributed by atoms with Crippen LogP contribution in [0.1, 0.15) is 31.2 Å². The highest BCUT2D eigenvalue weighted by atomic mass is 35.5. The highest BCUT2D eigenvalue weighted by Crippen LogP contribution is 2.46. The zero-order valence-electron chi connectivity index (χ0n) is 11.3. The van der Waals surface area contributed by atoms with Crippen molar-refractivity contribution in [2.75, 3.05) is 13.1 Å². The van der Waals surface area contributed by atoms with E-state index in [-0.39, 0.29) is 24.1 Å². The van der Waals surface area contributed by atoms with Crippen molar-refractivity contribution < 1.29 is 9.18 Å². The van der Waals surface area contributed by atoms with Gasteiger partial charge in [-0.1, -0.05) is 18.2 Å². The molecule has 110 valence electrons. The smallest absolute Gasteiger partial charge is 0.234 e. The van der Waals surface area contributed by atoms with E-state index < -0.39 is 5.54 Å². The second-order valence-corrected chi connectivity index (χ2v) is 5.68. The van der Waals surface area contributed by atoms with Crippen LogP contribution < -0.4 is 10.6 Å². The molecule has 0 bridgehead atoms. The van der Waals surface area contributed by atoms with Gasteiger partial charge in [-0.05, 0) is 44.2 Å². The van der Waals surface area contributed by atoms with Crippen molar-refractivity contribution in [3.05, 3.63) is 35.6 Å². The Morgan fingerprint density at radius 1 is 1.30 bits per heavy atom. The lowest BCUT2D eigenvalue weighted by Gasteiger charge is -2.18. The molecule has 0 heterocycles. The van der Waals surface area contributed by atoms with Crippen molar-refractivity contribution in [3.8, 4) is 0 Å². The second-order valence-electron chi connectivity index (χ2n) is 5.68. The minimum Gasteiger partial charge on any atom is -0.345 e. The lowest BCUT2D eigenvalue weighted by atomic mass is 10.0. The molecule has 2 saturated carbocycles. The van der Waals surface area contributed by atoms with E-state index in [0.29, 0.717) is 12.1 Å². The fraction of sp³-hybridized carbons (Fsp3) is 0.533. The Morgan fingerprint density at radius 3 is 2.60 bits per heavy atom. The quantitative estimate of drug-likeness (QED) is 0.846. The van der Waals surface area contributed by atoms with Crippen LogP contribution in [0.2, 0.25) is 0 Å². The summed E-state index contributed by atoms with van der Waals surface area (Å²) in [6.45, 7) is 1.24. The molecular formula is C15H20ClFN2O. The van der Waals surface area contributed by atoms with Gasteiger partial charge in [-0.3, -0.25) is 4.79 Å². The Morgan fingerprint density at radius 2 is 2.00 bits per heavy atom. The van der Waals surface area contributed by atoms with Gasteiger partial charge >= 0.3 is 0 Å². The molecule has 1 amide bonds. The predicted molar refractivity (Wildman–Crippen MR) is 78.3 cm³/mol. The van der Waals surface area contributed by atoms with Gasteiger partial charge in [0.2, 0.25) is 5.91 Å². The van der Waals surface area contributed by atoms with Crippen LogP contribution in [0.15, 0.2) is 24.3 Å². The third kappa shape index (κ3) is 3.49. The summed E-state index contributed by atoms with van der Waals surface area (Å²) in [7, 11) is 0. The molecule has 5 heteroatoms. The van der Waals surface area contributed by atoms with Gasteiger partial charge in [0.05, 0.1) is 12.1 Å². The maximum Gasteiger partial charge on any atom is 0.234 e. The van der Waals surface area contributed by atoms with E-state index in [1.807, 2.05) is 6.07 Å². The van der Waals surface area contributed by atoms with Crippen LogP contribution in [0.3, 0.4) is 0 Å². The highest BCUT2D eigenvalue weighted by molar-refractivity contribution is 5.85. The van der Waals surface area contributed by atoms with Gasteiger partial charge in [-0.2, -0.15) is 0 Å². The molecular weight excluding hydrogens is 279 g/mol. The maximum atomic E-state index is 13.8. The summed E-state index contributed by atoms with van der Waals surface area (Å²) in [6.07, 6.45) is 4.19. The summed E-state index contributed by atoms with van der Waals surface area (Å²) in [5.74, 6) is 0.488. The normalized spacial score (nSPS) is 19.1. The zero-order chi connectivity index (χ0) is 13.3. The van der Waals surface area contributed by atoms with E-state index in [1.165, 1.54) is 18.9 Å². The average Bonchev–Trinajstić information content (AvgIpc) is 3.26. The van der Waals surface area contributed by atoms with E-state index in [4.69, 9.17) is 0 Å². The molecule has 20 heavy (non-hydrogen) atoms. The van der Waals surface area contributed by atoms with Crippen LogP contribution in [0.4, 0.5) is 4.39 Å². The largest absolute Gasteiger partial charge is 0.345 e. The Bertz CT molecular complexity index is 487. The third-order valence-corrected chi connectivity index (χ3v) is 3.93. The first-order valence-corrected chi connectivity index (χ1v) is 6.96. The fourth-order valence-corrected chi connectivity index (χ4v) is 2.46. The highest BCUT2D eigenvalue weighted by Gasteiger charge is 2.47. The summed E-state index contributed by atoms with van der Waals surface area (Å²) in [5.41, 5.74) is 0.162. The number of benzene rings is 1. The molecule has 2 N–H and O–H groups in total. The molecule has 0 aliphatic heterocycles. The third-order valence-electron chi connectivity index (χ3n) is 3.93. The topological polar surface area (TPSA) is 41.1 Å². The van der Waals surface area contributed by atoms with Crippen LogP contribution in [0.25, 0.3) is 0 Å². The molecule has 1 aromatic carbocycles. The number of hydrogen-bond donors (Lipinski definition) is 2. The van der Waals surface area contributed by atoms with E-state index >= 15 is 0 Å². The van der Waals surface area contributed by atoms with E-state index in [0.717, 1.165) is 25.3 Å². The summed E-state index contributed by atoms with van der Waals surface area (Å²) >= 11 is 0. The van der Waals surface area contributed by atoms with Crippen LogP contribution in [0.5, 0.6) is 0 Å². The van der Waals surface area contributed by atoms with Gasteiger partial charge in [-0.15, -0.1) is 12.4 Å². The molecule has 0 aromatic heterocycles. The van der Waals surface area contributed by atoms with Crippen LogP contribution in [-0.2, 0) is 10.3 Å². The lowest BCUT2D eigenvalue weighted by molar-refractivity contribution is -0.121. The van der Waals surface area contributed by atoms with Gasteiger partial charge < -0.3 is 10.6 Å². The number of amides is 1. The minimum absolute atomic E-state index is 0. The molecule has 3 rings (SSSR count). The summed E-state index contributed by atoms with van der Waals surface area (Å²) in [6, 6.07) is 6.71. The van der Waals surface area contributed by atoms with Gasteiger partial charge in [-0.25, -0.2) is 4.39 Å². The molecule has 0 unspecified atom stereocenters. The fourth-order valence-electron chi connectivity index (χ4n) is 2.46. The van der Waals surface area contributed by atoms with Crippen LogP contribution >= 0.6 is 12.4 Å². The molecule has 2 aliphatic rings. The number of carbonyl (C=O) groups is 1. The average molecular weight is 299 g/mol. The molecule has 0 atom stereocenters. The van der Waals surface area contributed by atoms with Gasteiger partial charge in [0.15, 0.2) is 0 Å². The van der Waals surface area contributed by atoms with Crippen LogP contribution in [-0.4, -0.2) is 19.0 Å². The van der Waals surface area contributed by atoms with Gasteiger partial charge in [0, 0.05) is 5.56 Å². The molecule has 2 fully saturated rings. The monoisotopic (exact) mass is 298 g/mol. The first-order valence-electron chi connectivity index (χ1n) is 6.96. The molecule has 2 aliphatic carbocycles. The first kappa shape index (κ1) is 15.3. The second kappa shape index (κ2) is 6.10. The summed E-state index contributed by atoms with van der Waals surface area (Å²) < 4.78 is 13.8. The van der Waals surface area contributed by atoms with Crippen molar-refractivity contribution in [3.63, 3.8) is 0 Å². The van der Waals surface area contributed by atoms with Gasteiger partial charge in [0.1, 0.15) is 5.82 Å². The maximum absolute atomic E-state index is 13.8. The molecule has 3 nitrogen and oxygen atoms in total. The van der Waals surface area contributed by atoms with Crippen LogP contribution in [0, 0.1) is 11.7 Å². The number of nitrogens with one attached hydrogen (secondary N) is 2. The number of rotatable bonds is 6. The Balaban J connectivity index is 0.00000147. The number of halogens is 2. The number of hydrogen-bond acceptors (Lipinski definition) is 2. The molecule has 0 spiro atoms. The Labute approximate surface area is 124 Å². The summed E-state index contributed by atoms with van der Waals surface area (Å²) in [5, 5.41) is 6.13. The SMILES string of the molecule is Cl.O=C(CNCC1CC1)NC1(c2ccccc2F)CC1. The predicted octanol–water partition coefficient (Wildman–Crippen LogP) is 2.35. The molecule has 1 aromatic rings.